The van der Waals surface area contributed by atoms with E-state index in [0.717, 1.165) is 5.56 Å². The lowest BCUT2D eigenvalue weighted by Crippen LogP contribution is -2.43. The summed E-state index contributed by atoms with van der Waals surface area (Å²) in [6.45, 7) is 0. The number of hydrogen-bond donors (Lipinski definition) is 1. The number of amides is 1. The highest BCUT2D eigenvalue weighted by atomic mass is 35.5. The Bertz CT molecular complexity index is 782. The lowest BCUT2D eigenvalue weighted by atomic mass is 10.0. The largest absolute Gasteiger partial charge is 0.467 e. The molecule has 0 spiro atoms. The summed E-state index contributed by atoms with van der Waals surface area (Å²) >= 11 is 6.00. The predicted molar refractivity (Wildman–Crippen MR) is 89.6 cm³/mol. The maximum absolute atomic E-state index is 12.3. The van der Waals surface area contributed by atoms with Gasteiger partial charge in [-0.25, -0.2) is 4.79 Å². The number of rotatable bonds is 5. The molecule has 1 amide bonds. The summed E-state index contributed by atoms with van der Waals surface area (Å²) in [4.78, 5) is 24.3. The molecular formula is C18H15ClN2O3. The van der Waals surface area contributed by atoms with Crippen molar-refractivity contribution >= 4 is 23.5 Å². The lowest BCUT2D eigenvalue weighted by Gasteiger charge is -2.17. The van der Waals surface area contributed by atoms with Crippen LogP contribution in [-0.2, 0) is 16.0 Å². The van der Waals surface area contributed by atoms with Gasteiger partial charge in [0, 0.05) is 6.42 Å². The van der Waals surface area contributed by atoms with Gasteiger partial charge >= 0.3 is 5.97 Å². The molecule has 24 heavy (non-hydrogen) atoms. The van der Waals surface area contributed by atoms with Crippen molar-refractivity contribution in [3.05, 3.63) is 70.2 Å². The van der Waals surface area contributed by atoms with Crippen LogP contribution in [0.1, 0.15) is 21.5 Å². The zero-order valence-corrected chi connectivity index (χ0v) is 13.7. The molecule has 0 heterocycles. The number of nitrogens with zero attached hydrogens (tertiary/aromatic N) is 1. The van der Waals surface area contributed by atoms with Gasteiger partial charge in [0.1, 0.15) is 6.04 Å². The normalized spacial score (nSPS) is 11.2. The standard InChI is InChI=1S/C18H15ClN2O3/c1-24-18(23)16(10-12-6-8-13(11-20)9-7-12)21-17(22)14-4-2-3-5-15(14)19/h2-9,16H,10H2,1H3,(H,21,22)/t16-/m1/s1. The second-order valence-corrected chi connectivity index (χ2v) is 5.45. The fourth-order valence-electron chi connectivity index (χ4n) is 2.17. The number of esters is 1. The fourth-order valence-corrected chi connectivity index (χ4v) is 2.39. The average molecular weight is 343 g/mol. The first kappa shape index (κ1) is 17.5. The van der Waals surface area contributed by atoms with Crippen molar-refractivity contribution in [3.63, 3.8) is 0 Å². The first-order valence-corrected chi connectivity index (χ1v) is 7.55. The third-order valence-corrected chi connectivity index (χ3v) is 3.76. The van der Waals surface area contributed by atoms with Crippen LogP contribution in [0.2, 0.25) is 5.02 Å². The molecular weight excluding hydrogens is 328 g/mol. The Morgan fingerprint density at radius 2 is 1.88 bits per heavy atom. The van der Waals surface area contributed by atoms with Crippen molar-refractivity contribution in [1.29, 1.82) is 5.26 Å². The summed E-state index contributed by atoms with van der Waals surface area (Å²) in [7, 11) is 1.26. The van der Waals surface area contributed by atoms with Gasteiger partial charge in [-0.15, -0.1) is 0 Å². The first-order valence-electron chi connectivity index (χ1n) is 7.17. The Hall–Kier alpha value is -2.84. The van der Waals surface area contributed by atoms with E-state index in [1.165, 1.54) is 7.11 Å². The minimum absolute atomic E-state index is 0.245. The molecule has 0 bridgehead atoms. The number of nitrogens with one attached hydrogen (secondary N) is 1. The summed E-state index contributed by atoms with van der Waals surface area (Å²) < 4.78 is 4.76. The second-order valence-electron chi connectivity index (χ2n) is 5.04. The van der Waals surface area contributed by atoms with Gasteiger partial charge in [-0.1, -0.05) is 35.9 Å². The smallest absolute Gasteiger partial charge is 0.328 e. The van der Waals surface area contributed by atoms with E-state index in [1.54, 1.807) is 48.5 Å². The summed E-state index contributed by atoms with van der Waals surface area (Å²) in [5.74, 6) is -1.01. The number of hydrogen-bond acceptors (Lipinski definition) is 4. The van der Waals surface area contributed by atoms with Crippen LogP contribution in [0.15, 0.2) is 48.5 Å². The topological polar surface area (TPSA) is 79.2 Å². The molecule has 0 saturated carbocycles. The number of carbonyl (C=O) groups excluding carboxylic acids is 2. The number of halogens is 1. The predicted octanol–water partition coefficient (Wildman–Crippen LogP) is 2.73. The molecule has 6 heteroatoms. The van der Waals surface area contributed by atoms with Gasteiger partial charge in [-0.3, -0.25) is 4.79 Å². The SMILES string of the molecule is COC(=O)[C@@H](Cc1ccc(C#N)cc1)NC(=O)c1ccccc1Cl. The van der Waals surface area contributed by atoms with Crippen molar-refractivity contribution < 1.29 is 14.3 Å². The van der Waals surface area contributed by atoms with Crippen LogP contribution in [0, 0.1) is 11.3 Å². The molecule has 122 valence electrons. The Labute approximate surface area is 144 Å². The lowest BCUT2D eigenvalue weighted by molar-refractivity contribution is -0.142. The van der Waals surface area contributed by atoms with Gasteiger partial charge in [0.2, 0.25) is 0 Å². The Balaban J connectivity index is 2.16. The second kappa shape index (κ2) is 8.14. The van der Waals surface area contributed by atoms with E-state index in [0.29, 0.717) is 10.6 Å². The number of nitriles is 1. The number of benzene rings is 2. The van der Waals surface area contributed by atoms with Crippen LogP contribution in [-0.4, -0.2) is 25.0 Å². The third-order valence-electron chi connectivity index (χ3n) is 3.43. The minimum Gasteiger partial charge on any atom is -0.467 e. The highest BCUT2D eigenvalue weighted by Crippen LogP contribution is 2.15. The van der Waals surface area contributed by atoms with Crippen LogP contribution in [0.5, 0.6) is 0 Å². The van der Waals surface area contributed by atoms with Crippen LogP contribution in [0.3, 0.4) is 0 Å². The van der Waals surface area contributed by atoms with Crippen LogP contribution in [0.25, 0.3) is 0 Å². The molecule has 0 saturated heterocycles. The first-order chi connectivity index (χ1) is 11.5. The Morgan fingerprint density at radius 1 is 1.21 bits per heavy atom. The molecule has 2 rings (SSSR count). The van der Waals surface area contributed by atoms with Gasteiger partial charge in [0.15, 0.2) is 0 Å². The monoisotopic (exact) mass is 342 g/mol. The molecule has 0 aliphatic carbocycles. The summed E-state index contributed by atoms with van der Waals surface area (Å²) in [5.41, 5.74) is 1.60. The van der Waals surface area contributed by atoms with Crippen molar-refractivity contribution in [1.82, 2.24) is 5.32 Å². The zero-order valence-electron chi connectivity index (χ0n) is 13.0. The summed E-state index contributed by atoms with van der Waals surface area (Å²) in [6, 6.07) is 14.5. The number of methoxy groups -OCH3 is 1. The van der Waals surface area contributed by atoms with E-state index in [2.05, 4.69) is 5.32 Å². The molecule has 0 aliphatic heterocycles. The van der Waals surface area contributed by atoms with E-state index in [9.17, 15) is 9.59 Å². The minimum atomic E-state index is -0.855. The molecule has 0 aromatic heterocycles. The van der Waals surface area contributed by atoms with Gasteiger partial charge in [-0.2, -0.15) is 5.26 Å². The van der Waals surface area contributed by atoms with E-state index in [1.807, 2.05) is 6.07 Å². The molecule has 1 N–H and O–H groups in total. The molecule has 1 atom stereocenters. The number of ether oxygens (including phenoxy) is 1. The highest BCUT2D eigenvalue weighted by molar-refractivity contribution is 6.33. The van der Waals surface area contributed by atoms with Crippen LogP contribution in [0.4, 0.5) is 0 Å². The van der Waals surface area contributed by atoms with E-state index >= 15 is 0 Å². The fraction of sp³-hybridized carbons (Fsp3) is 0.167. The average Bonchev–Trinajstić information content (AvgIpc) is 2.61. The quantitative estimate of drug-likeness (QED) is 0.847. The van der Waals surface area contributed by atoms with Crippen molar-refractivity contribution in [3.8, 4) is 6.07 Å². The van der Waals surface area contributed by atoms with Crippen LogP contribution >= 0.6 is 11.6 Å². The Kier molecular flexibility index (Phi) is 5.94. The maximum Gasteiger partial charge on any atom is 0.328 e. The highest BCUT2D eigenvalue weighted by Gasteiger charge is 2.23. The van der Waals surface area contributed by atoms with Crippen molar-refractivity contribution in [2.24, 2.45) is 0 Å². The van der Waals surface area contributed by atoms with E-state index in [-0.39, 0.29) is 12.0 Å². The molecule has 0 fully saturated rings. The van der Waals surface area contributed by atoms with Gasteiger partial charge in [-0.05, 0) is 29.8 Å². The molecule has 2 aromatic carbocycles. The van der Waals surface area contributed by atoms with Crippen molar-refractivity contribution in [2.45, 2.75) is 12.5 Å². The van der Waals surface area contributed by atoms with Crippen LogP contribution < -0.4 is 5.32 Å². The molecule has 0 radical (unpaired) electrons. The van der Waals surface area contributed by atoms with Crippen molar-refractivity contribution in [2.75, 3.05) is 7.11 Å². The Morgan fingerprint density at radius 3 is 2.46 bits per heavy atom. The molecule has 0 aliphatic rings. The van der Waals surface area contributed by atoms with Gasteiger partial charge in [0.25, 0.3) is 5.91 Å². The number of carbonyl (C=O) groups is 2. The summed E-state index contributed by atoms with van der Waals surface area (Å²) in [6.07, 6.45) is 0.245. The van der Waals surface area contributed by atoms with E-state index < -0.39 is 17.9 Å². The van der Waals surface area contributed by atoms with Gasteiger partial charge in [0.05, 0.1) is 29.3 Å². The molecule has 2 aromatic rings. The third kappa shape index (κ3) is 4.34. The van der Waals surface area contributed by atoms with Gasteiger partial charge < -0.3 is 10.1 Å². The zero-order chi connectivity index (χ0) is 17.5. The molecule has 0 unspecified atom stereocenters. The summed E-state index contributed by atoms with van der Waals surface area (Å²) in [5, 5.41) is 11.8. The maximum atomic E-state index is 12.3. The molecule has 5 nitrogen and oxygen atoms in total. The van der Waals surface area contributed by atoms with E-state index in [4.69, 9.17) is 21.6 Å².